The lowest BCUT2D eigenvalue weighted by Crippen LogP contribution is -2.25. The van der Waals surface area contributed by atoms with Crippen molar-refractivity contribution < 1.29 is 8.78 Å². The van der Waals surface area contributed by atoms with Crippen LogP contribution in [-0.2, 0) is 6.54 Å². The van der Waals surface area contributed by atoms with E-state index in [1.165, 1.54) is 41.2 Å². The highest BCUT2D eigenvalue weighted by molar-refractivity contribution is 5.88. The molecule has 0 saturated carbocycles. The van der Waals surface area contributed by atoms with Crippen LogP contribution in [0.15, 0.2) is 59.7 Å². The Labute approximate surface area is 188 Å². The molecule has 2 aromatic carbocycles. The first-order valence-corrected chi connectivity index (χ1v) is 10.5. The number of para-hydroxylation sites is 1. The zero-order valence-electron chi connectivity index (χ0n) is 18.4. The van der Waals surface area contributed by atoms with Gasteiger partial charge in [0.1, 0.15) is 23.8 Å². The summed E-state index contributed by atoms with van der Waals surface area (Å²) in [6.07, 6.45) is 1.33. The number of aryl methyl sites for hydroxylation is 1. The third kappa shape index (κ3) is 3.71. The lowest BCUT2D eigenvalue weighted by atomic mass is 10.1. The second-order valence-electron chi connectivity index (χ2n) is 7.13. The highest BCUT2D eigenvalue weighted by Crippen LogP contribution is 2.24. The molecule has 5 aromatic rings. The molecule has 0 aliphatic heterocycles. The van der Waals surface area contributed by atoms with Gasteiger partial charge >= 0.3 is 0 Å². The molecular weight excluding hydrogens is 426 g/mol. The van der Waals surface area contributed by atoms with E-state index in [1.54, 1.807) is 29.8 Å². The van der Waals surface area contributed by atoms with Crippen LogP contribution in [0.3, 0.4) is 0 Å². The van der Waals surface area contributed by atoms with Gasteiger partial charge in [-0.25, -0.2) is 23.4 Å². The van der Waals surface area contributed by atoms with Crippen LogP contribution in [-0.4, -0.2) is 24.3 Å². The number of benzene rings is 2. The Bertz CT molecular complexity index is 1540. The summed E-state index contributed by atoms with van der Waals surface area (Å²) >= 11 is 0. The van der Waals surface area contributed by atoms with Gasteiger partial charge < -0.3 is 5.73 Å². The van der Waals surface area contributed by atoms with E-state index in [1.807, 2.05) is 13.8 Å². The molecule has 0 amide bonds. The molecule has 3 heterocycles. The Kier molecular flexibility index (Phi) is 5.87. The first-order valence-electron chi connectivity index (χ1n) is 10.5. The number of aromatic nitrogens is 5. The molecule has 33 heavy (non-hydrogen) atoms. The van der Waals surface area contributed by atoms with Gasteiger partial charge in [-0.15, -0.1) is 0 Å². The van der Waals surface area contributed by atoms with Gasteiger partial charge in [-0.05, 0) is 36.6 Å². The molecule has 0 bridgehead atoms. The van der Waals surface area contributed by atoms with Crippen molar-refractivity contribution in [1.29, 1.82) is 0 Å². The van der Waals surface area contributed by atoms with Gasteiger partial charge in [-0.1, -0.05) is 38.1 Å². The lowest BCUT2D eigenvalue weighted by molar-refractivity contribution is 0.604. The second kappa shape index (κ2) is 8.78. The minimum atomic E-state index is -0.667. The van der Waals surface area contributed by atoms with Crippen molar-refractivity contribution in [3.05, 3.63) is 88.2 Å². The van der Waals surface area contributed by atoms with Gasteiger partial charge in [-0.3, -0.25) is 9.36 Å². The Morgan fingerprint density at radius 2 is 1.70 bits per heavy atom. The number of fused-ring (bicyclic) bond motifs is 2. The van der Waals surface area contributed by atoms with Crippen molar-refractivity contribution in [2.75, 3.05) is 5.73 Å². The Balaban J connectivity index is 0.00000126. The van der Waals surface area contributed by atoms with E-state index in [9.17, 15) is 13.6 Å². The van der Waals surface area contributed by atoms with Crippen LogP contribution >= 0.6 is 0 Å². The van der Waals surface area contributed by atoms with Crippen molar-refractivity contribution in [2.24, 2.45) is 0 Å². The summed E-state index contributed by atoms with van der Waals surface area (Å²) in [5, 5.41) is 5.39. The Morgan fingerprint density at radius 3 is 2.45 bits per heavy atom. The average molecular weight is 448 g/mol. The maximum atomic E-state index is 14.7. The predicted molar refractivity (Wildman–Crippen MR) is 124 cm³/mol. The molecule has 0 radical (unpaired) electrons. The van der Waals surface area contributed by atoms with E-state index in [4.69, 9.17) is 5.73 Å². The molecule has 5 rings (SSSR count). The molecule has 0 saturated heterocycles. The average Bonchev–Trinajstić information content (AvgIpc) is 3.12. The Morgan fingerprint density at radius 1 is 0.970 bits per heavy atom. The smallest absolute Gasteiger partial charge is 0.266 e. The SMILES string of the molecule is CC.Cc1nn(Cc2cc3cccc(F)c3c(=O)n2-c2ccccc2F)c2ncnc(N)c12. The topological polar surface area (TPSA) is 91.6 Å². The number of pyridine rings is 1. The minimum Gasteiger partial charge on any atom is -0.383 e. The van der Waals surface area contributed by atoms with Gasteiger partial charge in [0.2, 0.25) is 0 Å². The van der Waals surface area contributed by atoms with Crippen molar-refractivity contribution in [2.45, 2.75) is 27.3 Å². The monoisotopic (exact) mass is 448 g/mol. The summed E-state index contributed by atoms with van der Waals surface area (Å²) in [6, 6.07) is 11.9. The summed E-state index contributed by atoms with van der Waals surface area (Å²) in [5.74, 6) is -0.976. The fourth-order valence-electron chi connectivity index (χ4n) is 3.86. The highest BCUT2D eigenvalue weighted by atomic mass is 19.1. The van der Waals surface area contributed by atoms with Crippen molar-refractivity contribution in [1.82, 2.24) is 24.3 Å². The molecule has 168 valence electrons. The fourth-order valence-corrected chi connectivity index (χ4v) is 3.86. The number of nitrogens with zero attached hydrogens (tertiary/aromatic N) is 5. The molecular formula is C24H22F2N6O. The summed E-state index contributed by atoms with van der Waals surface area (Å²) in [6.45, 7) is 5.86. The molecule has 0 aliphatic carbocycles. The zero-order valence-corrected chi connectivity index (χ0v) is 18.4. The quantitative estimate of drug-likeness (QED) is 0.442. The number of hydrogen-bond acceptors (Lipinski definition) is 5. The number of hydrogen-bond donors (Lipinski definition) is 1. The maximum absolute atomic E-state index is 14.7. The number of halogens is 2. The molecule has 0 atom stereocenters. The van der Waals surface area contributed by atoms with Crippen LogP contribution < -0.4 is 11.3 Å². The van der Waals surface area contributed by atoms with Crippen LogP contribution in [0.1, 0.15) is 25.2 Å². The van der Waals surface area contributed by atoms with Crippen molar-refractivity contribution >= 4 is 27.6 Å². The van der Waals surface area contributed by atoms with E-state index in [-0.39, 0.29) is 17.6 Å². The van der Waals surface area contributed by atoms with E-state index in [0.29, 0.717) is 33.6 Å². The second-order valence-corrected chi connectivity index (χ2v) is 7.13. The first-order chi connectivity index (χ1) is 16.0. The first kappa shape index (κ1) is 22.1. The number of anilines is 1. The van der Waals surface area contributed by atoms with Crippen LogP contribution in [0, 0.1) is 18.6 Å². The molecule has 2 N–H and O–H groups in total. The molecule has 3 aromatic heterocycles. The number of nitrogens with two attached hydrogens (primary N) is 1. The summed E-state index contributed by atoms with van der Waals surface area (Å²) in [4.78, 5) is 21.6. The van der Waals surface area contributed by atoms with E-state index in [0.717, 1.165) is 0 Å². The minimum absolute atomic E-state index is 0.0231. The highest BCUT2D eigenvalue weighted by Gasteiger charge is 2.19. The summed E-state index contributed by atoms with van der Waals surface area (Å²) in [5.41, 5.74) is 6.86. The van der Waals surface area contributed by atoms with Gasteiger partial charge in [0.25, 0.3) is 5.56 Å². The summed E-state index contributed by atoms with van der Waals surface area (Å²) in [7, 11) is 0. The number of rotatable bonds is 3. The van der Waals surface area contributed by atoms with Crippen molar-refractivity contribution in [3.63, 3.8) is 0 Å². The molecule has 0 fully saturated rings. The summed E-state index contributed by atoms with van der Waals surface area (Å²) < 4.78 is 31.9. The normalized spacial score (nSPS) is 10.9. The standard InChI is InChI=1S/C22H16F2N6O.C2H6/c1-12-18-20(25)26-11-27-21(18)29(28-12)10-14-9-13-5-4-7-16(24)19(13)22(31)30(14)17-8-3-2-6-15(17)23;1-2/h2-9,11H,10H2,1H3,(H2,25,26,27);1-2H3. The van der Waals surface area contributed by atoms with E-state index in [2.05, 4.69) is 15.1 Å². The number of nitrogen functional groups attached to an aromatic ring is 1. The van der Waals surface area contributed by atoms with E-state index >= 15 is 0 Å². The maximum Gasteiger partial charge on any atom is 0.266 e. The predicted octanol–water partition coefficient (Wildman–Crippen LogP) is 4.37. The van der Waals surface area contributed by atoms with Crippen LogP contribution in [0.25, 0.3) is 27.5 Å². The van der Waals surface area contributed by atoms with Crippen LogP contribution in [0.2, 0.25) is 0 Å². The lowest BCUT2D eigenvalue weighted by Gasteiger charge is -2.16. The van der Waals surface area contributed by atoms with Gasteiger partial charge in [0.15, 0.2) is 5.65 Å². The fraction of sp³-hybridized carbons (Fsp3) is 0.167. The van der Waals surface area contributed by atoms with Gasteiger partial charge in [0.05, 0.1) is 28.7 Å². The zero-order chi connectivity index (χ0) is 23.7. The largest absolute Gasteiger partial charge is 0.383 e. The molecule has 0 unspecified atom stereocenters. The third-order valence-corrected chi connectivity index (χ3v) is 5.21. The van der Waals surface area contributed by atoms with Gasteiger partial charge in [-0.2, -0.15) is 5.10 Å². The molecule has 0 spiro atoms. The molecule has 9 heteroatoms. The van der Waals surface area contributed by atoms with Crippen LogP contribution in [0.5, 0.6) is 0 Å². The van der Waals surface area contributed by atoms with Crippen LogP contribution in [0.4, 0.5) is 14.6 Å². The van der Waals surface area contributed by atoms with E-state index < -0.39 is 17.2 Å². The molecule has 7 nitrogen and oxygen atoms in total. The third-order valence-electron chi connectivity index (χ3n) is 5.21. The van der Waals surface area contributed by atoms with Crippen molar-refractivity contribution in [3.8, 4) is 5.69 Å². The van der Waals surface area contributed by atoms with Gasteiger partial charge in [0, 0.05) is 5.69 Å². The molecule has 0 aliphatic rings. The Hall–Kier alpha value is -4.14.